The number of aromatic nitrogens is 5. The molecule has 0 aliphatic carbocycles. The lowest BCUT2D eigenvalue weighted by atomic mass is 9.96. The van der Waals surface area contributed by atoms with E-state index >= 15 is 0 Å². The van der Waals surface area contributed by atoms with Crippen LogP contribution in [-0.2, 0) is 13.6 Å². The number of amides is 1. The Hall–Kier alpha value is -3.11. The van der Waals surface area contributed by atoms with Gasteiger partial charge in [-0.1, -0.05) is 18.2 Å². The van der Waals surface area contributed by atoms with E-state index in [0.717, 1.165) is 56.6 Å². The lowest BCUT2D eigenvalue weighted by molar-refractivity contribution is 0.0705. The molecule has 1 fully saturated rings. The molecule has 3 aromatic rings. The molecule has 31 heavy (non-hydrogen) atoms. The number of hydroxylamine groups is 1. The normalized spacial score (nSPS) is 15.0. The molecule has 10 nitrogen and oxygen atoms in total. The largest absolute Gasteiger partial charge is 0.341 e. The van der Waals surface area contributed by atoms with Gasteiger partial charge in [0.2, 0.25) is 5.95 Å². The van der Waals surface area contributed by atoms with Gasteiger partial charge in [0.15, 0.2) is 0 Å². The molecule has 1 aliphatic rings. The Labute approximate surface area is 180 Å². The number of rotatable bonds is 7. The van der Waals surface area contributed by atoms with E-state index in [1.54, 1.807) is 5.48 Å². The van der Waals surface area contributed by atoms with Crippen LogP contribution in [0.2, 0.25) is 0 Å². The quantitative estimate of drug-likeness (QED) is 0.435. The van der Waals surface area contributed by atoms with Gasteiger partial charge in [0, 0.05) is 45.6 Å². The summed E-state index contributed by atoms with van der Waals surface area (Å²) < 4.78 is 1.82. The minimum atomic E-state index is -0.608. The van der Waals surface area contributed by atoms with Crippen LogP contribution in [0.5, 0.6) is 0 Å². The molecular formula is C21H28N8O2. The maximum atomic E-state index is 11.4. The van der Waals surface area contributed by atoms with Crippen molar-refractivity contribution in [1.82, 2.24) is 35.3 Å². The summed E-state index contributed by atoms with van der Waals surface area (Å²) in [7, 11) is 1.92. The number of fused-ring (bicyclic) bond motifs is 1. The molecule has 0 unspecified atom stereocenters. The zero-order valence-corrected chi connectivity index (χ0v) is 17.9. The fraction of sp³-hybridized carbons (Fsp3) is 0.476. The van der Waals surface area contributed by atoms with Crippen molar-refractivity contribution < 1.29 is 10.0 Å². The first-order valence-corrected chi connectivity index (χ1v) is 10.6. The van der Waals surface area contributed by atoms with Crippen LogP contribution in [0.1, 0.15) is 35.7 Å². The highest BCUT2D eigenvalue weighted by Gasteiger charge is 2.23. The molecule has 1 aliphatic heterocycles. The van der Waals surface area contributed by atoms with Crippen molar-refractivity contribution in [2.24, 2.45) is 13.0 Å². The third kappa shape index (κ3) is 4.80. The van der Waals surface area contributed by atoms with Crippen molar-refractivity contribution in [1.29, 1.82) is 0 Å². The molecule has 2 aromatic heterocycles. The van der Waals surface area contributed by atoms with Gasteiger partial charge in [-0.2, -0.15) is 0 Å². The third-order valence-electron chi connectivity index (χ3n) is 5.94. The molecule has 0 bridgehead atoms. The zero-order chi connectivity index (χ0) is 21.8. The van der Waals surface area contributed by atoms with Crippen LogP contribution in [0.15, 0.2) is 30.6 Å². The van der Waals surface area contributed by atoms with E-state index in [-0.39, 0.29) is 5.56 Å². The Morgan fingerprint density at radius 3 is 2.68 bits per heavy atom. The van der Waals surface area contributed by atoms with Crippen LogP contribution in [0, 0.1) is 5.92 Å². The molecule has 1 aromatic carbocycles. The molecule has 1 saturated heterocycles. The number of carbonyl (C=O) groups is 1. The molecule has 0 atom stereocenters. The van der Waals surface area contributed by atoms with Gasteiger partial charge in [0.25, 0.3) is 5.91 Å². The average Bonchev–Trinajstić information content (AvgIpc) is 3.18. The van der Waals surface area contributed by atoms with Crippen molar-refractivity contribution >= 4 is 22.9 Å². The van der Waals surface area contributed by atoms with Crippen molar-refractivity contribution in [3.05, 3.63) is 41.7 Å². The summed E-state index contributed by atoms with van der Waals surface area (Å²) in [6.45, 7) is 6.95. The SMILES string of the molecule is CCN(Cc1ccc2nnn(C)c2c1)CC1CCN(c2ncc(C(=O)NO)cn2)CC1. The van der Waals surface area contributed by atoms with Crippen LogP contribution in [0.3, 0.4) is 0 Å². The second kappa shape index (κ2) is 9.36. The first kappa shape index (κ1) is 21.1. The third-order valence-corrected chi connectivity index (χ3v) is 5.94. The highest BCUT2D eigenvalue weighted by molar-refractivity contribution is 5.92. The second-order valence-corrected chi connectivity index (χ2v) is 8.01. The first-order chi connectivity index (χ1) is 15.1. The van der Waals surface area contributed by atoms with E-state index in [9.17, 15) is 4.79 Å². The number of anilines is 1. The molecule has 0 spiro atoms. The van der Waals surface area contributed by atoms with E-state index in [1.807, 2.05) is 17.8 Å². The van der Waals surface area contributed by atoms with E-state index in [2.05, 4.69) is 49.1 Å². The molecular weight excluding hydrogens is 396 g/mol. The van der Waals surface area contributed by atoms with Crippen LogP contribution >= 0.6 is 0 Å². The van der Waals surface area contributed by atoms with Gasteiger partial charge < -0.3 is 4.90 Å². The fourth-order valence-electron chi connectivity index (χ4n) is 4.09. The van der Waals surface area contributed by atoms with E-state index < -0.39 is 5.91 Å². The summed E-state index contributed by atoms with van der Waals surface area (Å²) in [6.07, 6.45) is 5.02. The second-order valence-electron chi connectivity index (χ2n) is 8.01. The predicted molar refractivity (Wildman–Crippen MR) is 116 cm³/mol. The highest BCUT2D eigenvalue weighted by Crippen LogP contribution is 2.22. The molecule has 4 rings (SSSR count). The van der Waals surface area contributed by atoms with Gasteiger partial charge in [-0.15, -0.1) is 5.10 Å². The Balaban J connectivity index is 1.31. The van der Waals surface area contributed by atoms with Gasteiger partial charge in [0.05, 0.1) is 11.1 Å². The molecule has 2 N–H and O–H groups in total. The summed E-state index contributed by atoms with van der Waals surface area (Å²) in [5.74, 6) is 0.639. The maximum Gasteiger partial charge on any atom is 0.277 e. The summed E-state index contributed by atoms with van der Waals surface area (Å²) >= 11 is 0. The van der Waals surface area contributed by atoms with Crippen molar-refractivity contribution in [2.45, 2.75) is 26.3 Å². The standard InChI is InChI=1S/C21H28N8O2/c1-3-28(14-16-4-5-18-19(10-16)27(2)26-24-18)13-15-6-8-29(9-7-15)21-22-11-17(12-23-21)20(30)25-31/h4-5,10-12,15,31H,3,6-9,13-14H2,1-2H3,(H,25,30). The maximum absolute atomic E-state index is 11.4. The first-order valence-electron chi connectivity index (χ1n) is 10.6. The number of benzene rings is 1. The average molecular weight is 425 g/mol. The summed E-state index contributed by atoms with van der Waals surface area (Å²) in [4.78, 5) is 24.6. The number of carbonyl (C=O) groups excluding carboxylic acids is 1. The lowest BCUT2D eigenvalue weighted by Crippen LogP contribution is -2.39. The Kier molecular flexibility index (Phi) is 6.38. The van der Waals surface area contributed by atoms with Gasteiger partial charge >= 0.3 is 0 Å². The molecule has 0 saturated carbocycles. The van der Waals surface area contributed by atoms with E-state index in [4.69, 9.17) is 5.21 Å². The van der Waals surface area contributed by atoms with Crippen LogP contribution in [0.4, 0.5) is 5.95 Å². The molecule has 10 heteroatoms. The minimum Gasteiger partial charge on any atom is -0.341 e. The Morgan fingerprint density at radius 1 is 1.26 bits per heavy atom. The van der Waals surface area contributed by atoms with Crippen molar-refractivity contribution in [3.8, 4) is 0 Å². The smallest absolute Gasteiger partial charge is 0.277 e. The van der Waals surface area contributed by atoms with Gasteiger partial charge in [-0.25, -0.2) is 20.1 Å². The number of nitrogens with one attached hydrogen (secondary N) is 1. The van der Waals surface area contributed by atoms with Gasteiger partial charge in [-0.05, 0) is 43.0 Å². The van der Waals surface area contributed by atoms with Gasteiger partial charge in [-0.3, -0.25) is 14.9 Å². The van der Waals surface area contributed by atoms with E-state index in [1.165, 1.54) is 18.0 Å². The van der Waals surface area contributed by atoms with E-state index in [0.29, 0.717) is 11.9 Å². The van der Waals surface area contributed by atoms with Crippen LogP contribution in [-0.4, -0.2) is 67.2 Å². The number of hydrogen-bond donors (Lipinski definition) is 2. The number of aryl methyl sites for hydroxylation is 1. The Morgan fingerprint density at radius 2 is 2.00 bits per heavy atom. The summed E-state index contributed by atoms with van der Waals surface area (Å²) in [5, 5.41) is 16.9. The summed E-state index contributed by atoms with van der Waals surface area (Å²) in [5.41, 5.74) is 5.09. The number of hydrogen-bond acceptors (Lipinski definition) is 8. The van der Waals surface area contributed by atoms with Gasteiger partial charge in [0.1, 0.15) is 5.52 Å². The predicted octanol–water partition coefficient (Wildman–Crippen LogP) is 1.62. The minimum absolute atomic E-state index is 0.236. The highest BCUT2D eigenvalue weighted by atomic mass is 16.5. The number of piperidine rings is 1. The van der Waals surface area contributed by atoms with Crippen molar-refractivity contribution in [3.63, 3.8) is 0 Å². The van der Waals surface area contributed by atoms with Crippen LogP contribution < -0.4 is 10.4 Å². The molecule has 1 amide bonds. The fourth-order valence-corrected chi connectivity index (χ4v) is 4.09. The van der Waals surface area contributed by atoms with Crippen molar-refractivity contribution in [2.75, 3.05) is 31.1 Å². The monoisotopic (exact) mass is 424 g/mol. The molecule has 0 radical (unpaired) electrons. The molecule has 3 heterocycles. The topological polar surface area (TPSA) is 112 Å². The Bertz CT molecular complexity index is 1030. The van der Waals surface area contributed by atoms with Crippen LogP contribution in [0.25, 0.3) is 11.0 Å². The number of nitrogens with zero attached hydrogens (tertiary/aromatic N) is 7. The lowest BCUT2D eigenvalue weighted by Gasteiger charge is -2.34. The molecule has 164 valence electrons. The summed E-state index contributed by atoms with van der Waals surface area (Å²) in [6, 6.07) is 6.36. The zero-order valence-electron chi connectivity index (χ0n) is 17.9.